The van der Waals surface area contributed by atoms with Crippen LogP contribution in [0.5, 0.6) is 11.5 Å². The molecule has 1 heterocycles. The molecule has 0 saturated carbocycles. The normalized spacial score (nSPS) is 13.3. The number of benzene rings is 2. The summed E-state index contributed by atoms with van der Waals surface area (Å²) in [6.07, 6.45) is -1.15. The van der Waals surface area contributed by atoms with Crippen LogP contribution in [-0.4, -0.2) is 51.7 Å². The van der Waals surface area contributed by atoms with Crippen molar-refractivity contribution >= 4 is 33.5 Å². The van der Waals surface area contributed by atoms with Crippen molar-refractivity contribution in [3.05, 3.63) is 48.0 Å². The van der Waals surface area contributed by atoms with E-state index >= 15 is 0 Å². The van der Waals surface area contributed by atoms with E-state index in [0.717, 1.165) is 0 Å². The van der Waals surface area contributed by atoms with Crippen LogP contribution in [0.2, 0.25) is 0 Å². The second-order valence-corrected chi connectivity index (χ2v) is 9.39. The van der Waals surface area contributed by atoms with Crippen LogP contribution in [0.1, 0.15) is 31.1 Å². The van der Waals surface area contributed by atoms with Crippen molar-refractivity contribution in [3.8, 4) is 11.5 Å². The highest BCUT2D eigenvalue weighted by molar-refractivity contribution is 7.89. The van der Waals surface area contributed by atoms with Gasteiger partial charge in [0.05, 0.1) is 4.90 Å². The smallest absolute Gasteiger partial charge is 0.326 e. The first-order valence-electron chi connectivity index (χ1n) is 10.4. The van der Waals surface area contributed by atoms with E-state index in [0.29, 0.717) is 17.2 Å². The average molecular weight is 492 g/mol. The topological polar surface area (TPSA) is 149 Å². The lowest BCUT2D eigenvalue weighted by molar-refractivity contribution is -0.152. The van der Waals surface area contributed by atoms with Crippen molar-refractivity contribution in [2.24, 2.45) is 0 Å². The molecule has 1 atom stereocenters. The maximum absolute atomic E-state index is 12.3. The van der Waals surface area contributed by atoms with Gasteiger partial charge in [0.1, 0.15) is 6.54 Å². The Morgan fingerprint density at radius 1 is 1.00 bits per heavy atom. The minimum absolute atomic E-state index is 0.0527. The molecule has 182 valence electrons. The number of nitrogens with one attached hydrogen (secondary N) is 3. The average Bonchev–Trinajstić information content (AvgIpc) is 3.25. The molecular formula is C22H25N3O8S. The van der Waals surface area contributed by atoms with Crippen LogP contribution < -0.4 is 24.8 Å². The maximum atomic E-state index is 12.3. The van der Waals surface area contributed by atoms with E-state index in [1.165, 1.54) is 43.3 Å². The number of anilines is 1. The van der Waals surface area contributed by atoms with E-state index in [1.807, 2.05) is 0 Å². The molecule has 2 aromatic rings. The molecule has 0 fully saturated rings. The summed E-state index contributed by atoms with van der Waals surface area (Å²) < 4.78 is 42.2. The Morgan fingerprint density at radius 3 is 2.35 bits per heavy atom. The summed E-state index contributed by atoms with van der Waals surface area (Å²) in [6, 6.07) is 9.89. The number of fused-ring (bicyclic) bond motifs is 1. The molecule has 0 spiro atoms. The van der Waals surface area contributed by atoms with Gasteiger partial charge in [-0.05, 0) is 63.2 Å². The third-order valence-electron chi connectivity index (χ3n) is 4.53. The van der Waals surface area contributed by atoms with Gasteiger partial charge in [-0.1, -0.05) is 0 Å². The van der Waals surface area contributed by atoms with Crippen molar-refractivity contribution in [1.29, 1.82) is 0 Å². The summed E-state index contributed by atoms with van der Waals surface area (Å²) in [6.45, 7) is 4.42. The largest absolute Gasteiger partial charge is 0.454 e. The SMILES string of the molecule is CC(C)NS(=O)(=O)c1ccc(NC(=O)C(C)OC(=O)CNC(=O)c2ccc3c(c2)OCO3)cc1. The molecule has 12 heteroatoms. The van der Waals surface area contributed by atoms with E-state index in [-0.39, 0.29) is 23.3 Å². The highest BCUT2D eigenvalue weighted by atomic mass is 32.2. The Bertz CT molecular complexity index is 1180. The first-order chi connectivity index (χ1) is 16.0. The van der Waals surface area contributed by atoms with Crippen molar-refractivity contribution in [2.75, 3.05) is 18.7 Å². The predicted octanol–water partition coefficient (Wildman–Crippen LogP) is 1.40. The van der Waals surface area contributed by atoms with Crippen molar-refractivity contribution < 1.29 is 37.0 Å². The highest BCUT2D eigenvalue weighted by Gasteiger charge is 2.21. The van der Waals surface area contributed by atoms with Crippen molar-refractivity contribution in [3.63, 3.8) is 0 Å². The second-order valence-electron chi connectivity index (χ2n) is 7.67. The quantitative estimate of drug-likeness (QED) is 0.446. The fraction of sp³-hybridized carbons (Fsp3) is 0.318. The summed E-state index contributed by atoms with van der Waals surface area (Å²) >= 11 is 0. The van der Waals surface area contributed by atoms with Crippen LogP contribution in [0.4, 0.5) is 5.69 Å². The number of hydrogen-bond donors (Lipinski definition) is 3. The third kappa shape index (κ3) is 6.45. The molecule has 0 bridgehead atoms. The number of esters is 1. The number of amides is 2. The molecule has 2 aromatic carbocycles. The molecule has 1 unspecified atom stereocenters. The number of sulfonamides is 1. The molecule has 3 N–H and O–H groups in total. The van der Waals surface area contributed by atoms with Crippen molar-refractivity contribution in [1.82, 2.24) is 10.0 Å². The monoisotopic (exact) mass is 491 g/mol. The van der Waals surface area contributed by atoms with Gasteiger partial charge in [0.15, 0.2) is 17.6 Å². The third-order valence-corrected chi connectivity index (χ3v) is 6.20. The molecule has 0 aliphatic carbocycles. The Kier molecular flexibility index (Phi) is 7.74. The number of carbonyl (C=O) groups is 3. The summed E-state index contributed by atoms with van der Waals surface area (Å²) in [7, 11) is -3.65. The molecule has 11 nitrogen and oxygen atoms in total. The molecule has 1 aliphatic heterocycles. The zero-order valence-corrected chi connectivity index (χ0v) is 19.6. The number of carbonyl (C=O) groups excluding carboxylic acids is 3. The van der Waals surface area contributed by atoms with Crippen molar-refractivity contribution in [2.45, 2.75) is 37.8 Å². The molecular weight excluding hydrogens is 466 g/mol. The number of rotatable bonds is 9. The Labute approximate surface area is 196 Å². The van der Waals surface area contributed by atoms with Crippen LogP contribution in [0, 0.1) is 0 Å². The molecule has 0 radical (unpaired) electrons. The number of ether oxygens (including phenoxy) is 3. The summed E-state index contributed by atoms with van der Waals surface area (Å²) in [5.41, 5.74) is 0.601. The van der Waals surface area contributed by atoms with Gasteiger partial charge in [0.25, 0.3) is 11.8 Å². The minimum atomic E-state index is -3.65. The van der Waals surface area contributed by atoms with E-state index < -0.39 is 40.5 Å². The van der Waals surface area contributed by atoms with Gasteiger partial charge in [-0.15, -0.1) is 0 Å². The summed E-state index contributed by atoms with van der Waals surface area (Å²) in [4.78, 5) is 36.6. The number of hydrogen-bond acceptors (Lipinski definition) is 8. The van der Waals surface area contributed by atoms with Gasteiger partial charge >= 0.3 is 5.97 Å². The second kappa shape index (κ2) is 10.5. The lowest BCUT2D eigenvalue weighted by Crippen LogP contribution is -2.35. The van der Waals surface area contributed by atoms with Crippen LogP contribution >= 0.6 is 0 Å². The van der Waals surface area contributed by atoms with Crippen LogP contribution in [0.15, 0.2) is 47.4 Å². The van der Waals surface area contributed by atoms with Gasteiger partial charge in [0, 0.05) is 17.3 Å². The summed E-state index contributed by atoms with van der Waals surface area (Å²) in [5, 5.41) is 4.95. The lowest BCUT2D eigenvalue weighted by Gasteiger charge is -2.14. The van der Waals surface area contributed by atoms with E-state index in [2.05, 4.69) is 15.4 Å². The molecule has 0 saturated heterocycles. The van der Waals surface area contributed by atoms with Gasteiger partial charge in [-0.2, -0.15) is 0 Å². The molecule has 34 heavy (non-hydrogen) atoms. The molecule has 0 aromatic heterocycles. The van der Waals surface area contributed by atoms with E-state index in [4.69, 9.17) is 14.2 Å². The highest BCUT2D eigenvalue weighted by Crippen LogP contribution is 2.32. The van der Waals surface area contributed by atoms with Crippen LogP contribution in [0.3, 0.4) is 0 Å². The molecule has 1 aliphatic rings. The molecule has 3 rings (SSSR count). The fourth-order valence-corrected chi connectivity index (χ4v) is 4.18. The summed E-state index contributed by atoms with van der Waals surface area (Å²) in [5.74, 6) is -0.986. The zero-order valence-electron chi connectivity index (χ0n) is 18.8. The standard InChI is InChI=1S/C22H25N3O8S/c1-13(2)25-34(29,30)17-7-5-16(6-8-17)24-21(27)14(3)33-20(26)11-23-22(28)15-4-9-18-19(10-15)32-12-31-18/h4-10,13-14,25H,11-12H2,1-3H3,(H,23,28)(H,24,27). The zero-order chi connectivity index (χ0) is 24.9. The van der Waals surface area contributed by atoms with Gasteiger partial charge in [0.2, 0.25) is 16.8 Å². The molecule has 2 amide bonds. The fourth-order valence-electron chi connectivity index (χ4n) is 2.92. The van der Waals surface area contributed by atoms with Gasteiger partial charge < -0.3 is 24.8 Å². The van der Waals surface area contributed by atoms with Gasteiger partial charge in [-0.3, -0.25) is 14.4 Å². The van der Waals surface area contributed by atoms with E-state index in [9.17, 15) is 22.8 Å². The van der Waals surface area contributed by atoms with E-state index in [1.54, 1.807) is 19.9 Å². The Morgan fingerprint density at radius 2 is 1.68 bits per heavy atom. The van der Waals surface area contributed by atoms with Gasteiger partial charge in [-0.25, -0.2) is 13.1 Å². The predicted molar refractivity (Wildman–Crippen MR) is 121 cm³/mol. The van der Waals surface area contributed by atoms with Crippen LogP contribution in [0.25, 0.3) is 0 Å². The first-order valence-corrected chi connectivity index (χ1v) is 11.8. The lowest BCUT2D eigenvalue weighted by atomic mass is 10.2. The van der Waals surface area contributed by atoms with Crippen LogP contribution in [-0.2, 0) is 24.3 Å². The Hall–Kier alpha value is -3.64. The maximum Gasteiger partial charge on any atom is 0.326 e. The minimum Gasteiger partial charge on any atom is -0.454 e. The first kappa shape index (κ1) is 25.0. The Balaban J connectivity index is 1.47.